The summed E-state index contributed by atoms with van der Waals surface area (Å²) in [5.41, 5.74) is 7.95. The van der Waals surface area contributed by atoms with Crippen molar-refractivity contribution in [1.29, 1.82) is 0 Å². The second kappa shape index (κ2) is 5.78. The van der Waals surface area contributed by atoms with Crippen LogP contribution in [0, 0.1) is 12.7 Å². The van der Waals surface area contributed by atoms with Crippen molar-refractivity contribution in [1.82, 2.24) is 24.3 Å². The topological polar surface area (TPSA) is 82.0 Å². The Balaban J connectivity index is 1.97. The Kier molecular flexibility index (Phi) is 3.58. The fourth-order valence-electron chi connectivity index (χ4n) is 2.68. The van der Waals surface area contributed by atoms with Crippen LogP contribution in [0.15, 0.2) is 42.6 Å². The van der Waals surface area contributed by atoms with Gasteiger partial charge in [0.05, 0.1) is 0 Å². The number of aryl methyl sites for hydroxylation is 1. The van der Waals surface area contributed by atoms with E-state index in [1.54, 1.807) is 47.9 Å². The molecular formula is C17H12ClFN6. The SMILES string of the molecule is Cc1nc(N)nc(-c2c(Cl)nc3ccc(-c4ccccc4F)cn23)n1. The van der Waals surface area contributed by atoms with E-state index >= 15 is 0 Å². The molecule has 124 valence electrons. The first kappa shape index (κ1) is 15.5. The van der Waals surface area contributed by atoms with Crippen molar-refractivity contribution in [2.45, 2.75) is 6.92 Å². The van der Waals surface area contributed by atoms with Gasteiger partial charge in [0.2, 0.25) is 5.95 Å². The highest BCUT2D eigenvalue weighted by atomic mass is 35.5. The van der Waals surface area contributed by atoms with E-state index in [0.29, 0.717) is 34.1 Å². The highest BCUT2D eigenvalue weighted by molar-refractivity contribution is 6.32. The minimum atomic E-state index is -0.310. The van der Waals surface area contributed by atoms with Gasteiger partial charge in [-0.05, 0) is 25.1 Å². The average Bonchev–Trinajstić information content (AvgIpc) is 2.89. The third-order valence-corrected chi connectivity index (χ3v) is 4.00. The van der Waals surface area contributed by atoms with Gasteiger partial charge in [-0.25, -0.2) is 14.4 Å². The molecule has 0 saturated heterocycles. The molecule has 3 aromatic heterocycles. The molecule has 0 atom stereocenters. The maximum atomic E-state index is 14.1. The Hall–Kier alpha value is -3.06. The quantitative estimate of drug-likeness (QED) is 0.595. The number of hydrogen-bond acceptors (Lipinski definition) is 5. The van der Waals surface area contributed by atoms with E-state index in [0.717, 1.165) is 0 Å². The Morgan fingerprint density at radius 3 is 2.60 bits per heavy atom. The van der Waals surface area contributed by atoms with Crippen molar-refractivity contribution in [3.8, 4) is 22.6 Å². The highest BCUT2D eigenvalue weighted by Crippen LogP contribution is 2.30. The molecule has 0 bridgehead atoms. The van der Waals surface area contributed by atoms with Crippen molar-refractivity contribution < 1.29 is 4.39 Å². The number of rotatable bonds is 2. The molecule has 8 heteroatoms. The second-order valence-corrected chi connectivity index (χ2v) is 5.80. The second-order valence-electron chi connectivity index (χ2n) is 5.44. The lowest BCUT2D eigenvalue weighted by atomic mass is 10.1. The number of anilines is 1. The molecule has 1 aromatic carbocycles. The fourth-order valence-corrected chi connectivity index (χ4v) is 2.94. The molecule has 0 amide bonds. The summed E-state index contributed by atoms with van der Waals surface area (Å²) in [6.07, 6.45) is 1.75. The average molecular weight is 355 g/mol. The molecule has 2 N–H and O–H groups in total. The zero-order chi connectivity index (χ0) is 17.6. The maximum absolute atomic E-state index is 14.1. The van der Waals surface area contributed by atoms with Crippen LogP contribution in [0.2, 0.25) is 5.15 Å². The van der Waals surface area contributed by atoms with E-state index < -0.39 is 0 Å². The van der Waals surface area contributed by atoms with Gasteiger partial charge in [-0.3, -0.25) is 4.40 Å². The van der Waals surface area contributed by atoms with Gasteiger partial charge in [-0.15, -0.1) is 0 Å². The van der Waals surface area contributed by atoms with Crippen LogP contribution in [0.1, 0.15) is 5.82 Å². The van der Waals surface area contributed by atoms with Crippen LogP contribution in [0.3, 0.4) is 0 Å². The summed E-state index contributed by atoms with van der Waals surface area (Å²) in [4.78, 5) is 16.7. The molecule has 4 rings (SSSR count). The summed E-state index contributed by atoms with van der Waals surface area (Å²) in [5.74, 6) is 0.570. The summed E-state index contributed by atoms with van der Waals surface area (Å²) in [6, 6.07) is 10.1. The number of nitrogens with two attached hydrogens (primary N) is 1. The van der Waals surface area contributed by atoms with Crippen LogP contribution in [-0.4, -0.2) is 24.3 Å². The molecule has 0 aliphatic carbocycles. The smallest absolute Gasteiger partial charge is 0.223 e. The van der Waals surface area contributed by atoms with Crippen LogP contribution in [0.5, 0.6) is 0 Å². The summed E-state index contributed by atoms with van der Waals surface area (Å²) in [7, 11) is 0. The number of hydrogen-bond donors (Lipinski definition) is 1. The molecule has 0 saturated carbocycles. The van der Waals surface area contributed by atoms with Crippen molar-refractivity contribution >= 4 is 23.2 Å². The number of benzene rings is 1. The van der Waals surface area contributed by atoms with Gasteiger partial charge in [-0.2, -0.15) is 9.97 Å². The Morgan fingerprint density at radius 1 is 1.04 bits per heavy atom. The van der Waals surface area contributed by atoms with Gasteiger partial charge in [0.15, 0.2) is 11.0 Å². The predicted molar refractivity (Wildman–Crippen MR) is 93.6 cm³/mol. The van der Waals surface area contributed by atoms with E-state index in [1.807, 2.05) is 0 Å². The minimum absolute atomic E-state index is 0.0961. The largest absolute Gasteiger partial charge is 0.368 e. The van der Waals surface area contributed by atoms with E-state index in [4.69, 9.17) is 17.3 Å². The summed E-state index contributed by atoms with van der Waals surface area (Å²) in [6.45, 7) is 1.71. The van der Waals surface area contributed by atoms with Crippen molar-refractivity contribution in [3.05, 3.63) is 59.4 Å². The number of halogens is 2. The lowest BCUT2D eigenvalue weighted by Gasteiger charge is -2.07. The van der Waals surface area contributed by atoms with E-state index in [2.05, 4.69) is 19.9 Å². The van der Waals surface area contributed by atoms with E-state index in [9.17, 15) is 4.39 Å². The third kappa shape index (κ3) is 2.68. The van der Waals surface area contributed by atoms with Crippen LogP contribution >= 0.6 is 11.6 Å². The first-order valence-electron chi connectivity index (χ1n) is 7.44. The maximum Gasteiger partial charge on any atom is 0.223 e. The number of pyridine rings is 1. The lowest BCUT2D eigenvalue weighted by Crippen LogP contribution is -2.03. The number of imidazole rings is 1. The van der Waals surface area contributed by atoms with Crippen LogP contribution in [-0.2, 0) is 0 Å². The number of nitrogen functional groups attached to an aromatic ring is 1. The summed E-state index contributed by atoms with van der Waals surface area (Å²) >= 11 is 6.29. The molecule has 0 fully saturated rings. The van der Waals surface area contributed by atoms with Gasteiger partial charge in [-0.1, -0.05) is 29.8 Å². The number of nitrogens with zero attached hydrogens (tertiary/aromatic N) is 5. The zero-order valence-electron chi connectivity index (χ0n) is 13.1. The van der Waals surface area contributed by atoms with Crippen molar-refractivity contribution in [2.24, 2.45) is 0 Å². The van der Waals surface area contributed by atoms with Gasteiger partial charge < -0.3 is 5.73 Å². The predicted octanol–water partition coefficient (Wildman–Crippen LogP) is 3.54. The molecule has 0 aliphatic heterocycles. The molecule has 25 heavy (non-hydrogen) atoms. The van der Waals surface area contributed by atoms with Crippen LogP contribution in [0.25, 0.3) is 28.3 Å². The number of aromatic nitrogens is 5. The Morgan fingerprint density at radius 2 is 1.84 bits per heavy atom. The number of fused-ring (bicyclic) bond motifs is 1. The van der Waals surface area contributed by atoms with Gasteiger partial charge in [0.1, 0.15) is 23.0 Å². The summed E-state index contributed by atoms with van der Waals surface area (Å²) in [5, 5.41) is 0.232. The van der Waals surface area contributed by atoms with Gasteiger partial charge in [0.25, 0.3) is 0 Å². The minimum Gasteiger partial charge on any atom is -0.368 e. The molecule has 4 aromatic rings. The Bertz CT molecular complexity index is 1090. The molecule has 0 unspecified atom stereocenters. The van der Waals surface area contributed by atoms with Crippen molar-refractivity contribution in [2.75, 3.05) is 5.73 Å². The molecular weight excluding hydrogens is 343 g/mol. The van der Waals surface area contributed by atoms with E-state index in [-0.39, 0.29) is 16.9 Å². The van der Waals surface area contributed by atoms with Crippen LogP contribution in [0.4, 0.5) is 10.3 Å². The monoisotopic (exact) mass is 354 g/mol. The normalized spacial score (nSPS) is 11.2. The van der Waals surface area contributed by atoms with Gasteiger partial charge in [0, 0.05) is 17.3 Å². The lowest BCUT2D eigenvalue weighted by molar-refractivity contribution is 0.631. The molecule has 0 radical (unpaired) electrons. The zero-order valence-corrected chi connectivity index (χ0v) is 13.9. The third-order valence-electron chi connectivity index (χ3n) is 3.74. The molecule has 0 spiro atoms. The van der Waals surface area contributed by atoms with Gasteiger partial charge >= 0.3 is 0 Å². The first-order chi connectivity index (χ1) is 12.0. The molecule has 6 nitrogen and oxygen atoms in total. The highest BCUT2D eigenvalue weighted by Gasteiger charge is 2.17. The first-order valence-corrected chi connectivity index (χ1v) is 7.82. The van der Waals surface area contributed by atoms with E-state index in [1.165, 1.54) is 6.07 Å². The Labute approximate surface area is 147 Å². The molecule has 0 aliphatic rings. The summed E-state index contributed by atoms with van der Waals surface area (Å²) < 4.78 is 15.8. The van der Waals surface area contributed by atoms with Crippen LogP contribution < -0.4 is 5.73 Å². The molecule has 3 heterocycles. The fraction of sp³-hybridized carbons (Fsp3) is 0.0588. The standard InChI is InChI=1S/C17H12ClFN6/c1-9-21-16(24-17(20)22-9)14-15(18)23-13-7-6-10(8-25(13)14)11-4-2-3-5-12(11)19/h2-8H,1H3,(H2,20,21,22,24). The van der Waals surface area contributed by atoms with Crippen molar-refractivity contribution in [3.63, 3.8) is 0 Å².